The molecular formula is C56H37NO. The van der Waals surface area contributed by atoms with Crippen molar-refractivity contribution in [1.82, 2.24) is 0 Å². The lowest BCUT2D eigenvalue weighted by atomic mass is 9.91. The first-order valence-corrected chi connectivity index (χ1v) is 19.8. The highest BCUT2D eigenvalue weighted by Crippen LogP contribution is 2.44. The molecule has 0 aliphatic heterocycles. The van der Waals surface area contributed by atoms with E-state index < -0.39 is 0 Å². The SMILES string of the molecule is c1ccc(-c2cccc(N(c3ccc(-c4ccc5ccc6oc7ccccc7c6c5c4)c(-c4ccccc4)c3)c3ccc4cc(-c5ccccc5)ccc4c3)c2)cc1. The number of hydrogen-bond acceptors (Lipinski definition) is 2. The van der Waals surface area contributed by atoms with Crippen molar-refractivity contribution >= 4 is 60.5 Å². The molecule has 0 fully saturated rings. The zero-order valence-corrected chi connectivity index (χ0v) is 31.7. The summed E-state index contributed by atoms with van der Waals surface area (Å²) in [6.45, 7) is 0. The summed E-state index contributed by atoms with van der Waals surface area (Å²) in [4.78, 5) is 2.40. The van der Waals surface area contributed by atoms with E-state index in [1.165, 1.54) is 54.9 Å². The van der Waals surface area contributed by atoms with Crippen molar-refractivity contribution in [3.8, 4) is 44.5 Å². The van der Waals surface area contributed by atoms with Crippen molar-refractivity contribution in [3.05, 3.63) is 224 Å². The number of furan rings is 1. The molecule has 0 bridgehead atoms. The van der Waals surface area contributed by atoms with Crippen LogP contribution < -0.4 is 4.90 Å². The van der Waals surface area contributed by atoms with Gasteiger partial charge in [-0.2, -0.15) is 0 Å². The summed E-state index contributed by atoms with van der Waals surface area (Å²) >= 11 is 0. The van der Waals surface area contributed by atoms with Crippen molar-refractivity contribution in [3.63, 3.8) is 0 Å². The highest BCUT2D eigenvalue weighted by Gasteiger charge is 2.19. The maximum atomic E-state index is 6.31. The van der Waals surface area contributed by atoms with Gasteiger partial charge in [-0.25, -0.2) is 0 Å². The van der Waals surface area contributed by atoms with Gasteiger partial charge in [-0.05, 0) is 127 Å². The van der Waals surface area contributed by atoms with Gasteiger partial charge in [-0.15, -0.1) is 0 Å². The third-order valence-corrected chi connectivity index (χ3v) is 11.4. The van der Waals surface area contributed by atoms with E-state index in [4.69, 9.17) is 4.42 Å². The number of fused-ring (bicyclic) bond motifs is 6. The van der Waals surface area contributed by atoms with Gasteiger partial charge in [0.1, 0.15) is 11.2 Å². The fourth-order valence-electron chi connectivity index (χ4n) is 8.58. The lowest BCUT2D eigenvalue weighted by molar-refractivity contribution is 0.669. The van der Waals surface area contributed by atoms with E-state index in [0.717, 1.165) is 50.1 Å². The highest BCUT2D eigenvalue weighted by atomic mass is 16.3. The van der Waals surface area contributed by atoms with E-state index in [1.54, 1.807) is 0 Å². The van der Waals surface area contributed by atoms with E-state index in [-0.39, 0.29) is 0 Å². The Bertz CT molecular complexity index is 3270. The van der Waals surface area contributed by atoms with Crippen LogP contribution in [0.3, 0.4) is 0 Å². The van der Waals surface area contributed by atoms with Crippen molar-refractivity contribution in [2.75, 3.05) is 4.90 Å². The molecule has 1 heterocycles. The molecule has 272 valence electrons. The molecule has 0 unspecified atom stereocenters. The van der Waals surface area contributed by atoms with Gasteiger partial charge < -0.3 is 9.32 Å². The molecule has 11 rings (SSSR count). The van der Waals surface area contributed by atoms with Crippen LogP contribution in [-0.4, -0.2) is 0 Å². The molecule has 0 radical (unpaired) electrons. The number of hydrogen-bond donors (Lipinski definition) is 0. The first kappa shape index (κ1) is 33.6. The molecule has 2 heteroatoms. The monoisotopic (exact) mass is 739 g/mol. The Morgan fingerprint density at radius 3 is 1.64 bits per heavy atom. The molecule has 0 atom stereocenters. The van der Waals surface area contributed by atoms with Crippen LogP contribution in [-0.2, 0) is 0 Å². The Morgan fingerprint density at radius 1 is 0.276 bits per heavy atom. The fraction of sp³-hybridized carbons (Fsp3) is 0. The second-order valence-corrected chi connectivity index (χ2v) is 14.9. The van der Waals surface area contributed by atoms with Crippen LogP contribution in [0, 0.1) is 0 Å². The number of nitrogens with zero attached hydrogens (tertiary/aromatic N) is 1. The highest BCUT2D eigenvalue weighted by molar-refractivity contribution is 6.19. The quantitative estimate of drug-likeness (QED) is 0.162. The fourth-order valence-corrected chi connectivity index (χ4v) is 8.58. The van der Waals surface area contributed by atoms with Crippen molar-refractivity contribution in [2.24, 2.45) is 0 Å². The van der Waals surface area contributed by atoms with E-state index in [2.05, 4.69) is 223 Å². The molecule has 2 nitrogen and oxygen atoms in total. The Balaban J connectivity index is 1.10. The molecule has 0 saturated heterocycles. The number of benzene rings is 10. The molecular weight excluding hydrogens is 703 g/mol. The summed E-state index contributed by atoms with van der Waals surface area (Å²) in [5.41, 5.74) is 14.5. The zero-order chi connectivity index (χ0) is 38.4. The molecule has 0 spiro atoms. The van der Waals surface area contributed by atoms with Crippen LogP contribution in [0.25, 0.3) is 88.0 Å². The van der Waals surface area contributed by atoms with Crippen molar-refractivity contribution in [2.45, 2.75) is 0 Å². The first-order chi connectivity index (χ1) is 28.7. The minimum atomic E-state index is 0.907. The van der Waals surface area contributed by atoms with Crippen LogP contribution in [0.4, 0.5) is 17.1 Å². The molecule has 0 aliphatic carbocycles. The number of para-hydroxylation sites is 1. The van der Waals surface area contributed by atoms with Crippen LogP contribution >= 0.6 is 0 Å². The minimum absolute atomic E-state index is 0.907. The summed E-state index contributed by atoms with van der Waals surface area (Å²) in [6, 6.07) is 80.9. The first-order valence-electron chi connectivity index (χ1n) is 19.8. The zero-order valence-electron chi connectivity index (χ0n) is 31.7. The molecule has 58 heavy (non-hydrogen) atoms. The standard InChI is InChI=1S/C56H37NO/c1-4-13-38(14-5-1)42-19-12-20-47(34-42)57(48-29-27-44-33-43(24-25-45(44)35-48)39-15-6-2-7-16-39)49-30-31-50(52(37-49)40-17-8-3-9-18-40)46-26-23-41-28-32-55-56(53(41)36-46)51-21-10-11-22-54(51)58-55/h1-37H. The Labute approximate surface area is 337 Å². The van der Waals surface area contributed by atoms with Crippen LogP contribution in [0.5, 0.6) is 0 Å². The minimum Gasteiger partial charge on any atom is -0.456 e. The summed E-state index contributed by atoms with van der Waals surface area (Å²) in [6.07, 6.45) is 0. The van der Waals surface area contributed by atoms with E-state index in [0.29, 0.717) is 0 Å². The van der Waals surface area contributed by atoms with E-state index in [9.17, 15) is 0 Å². The van der Waals surface area contributed by atoms with Gasteiger partial charge in [0, 0.05) is 27.8 Å². The predicted molar refractivity (Wildman–Crippen MR) is 245 cm³/mol. The smallest absolute Gasteiger partial charge is 0.136 e. The second-order valence-electron chi connectivity index (χ2n) is 14.9. The Hall–Kier alpha value is -7.68. The predicted octanol–water partition coefficient (Wildman–Crippen LogP) is 16.0. The molecule has 11 aromatic rings. The maximum absolute atomic E-state index is 6.31. The summed E-state index contributed by atoms with van der Waals surface area (Å²) < 4.78 is 6.31. The third-order valence-electron chi connectivity index (χ3n) is 11.4. The second kappa shape index (κ2) is 14.1. The molecule has 0 amide bonds. The summed E-state index contributed by atoms with van der Waals surface area (Å²) in [5.74, 6) is 0. The van der Waals surface area contributed by atoms with Gasteiger partial charge >= 0.3 is 0 Å². The topological polar surface area (TPSA) is 16.4 Å². The Kier molecular flexibility index (Phi) is 8.19. The molecule has 0 saturated carbocycles. The van der Waals surface area contributed by atoms with Gasteiger partial charge in [-0.3, -0.25) is 0 Å². The van der Waals surface area contributed by atoms with Gasteiger partial charge in [0.2, 0.25) is 0 Å². The Morgan fingerprint density at radius 2 is 0.845 bits per heavy atom. The van der Waals surface area contributed by atoms with Crippen LogP contribution in [0.2, 0.25) is 0 Å². The van der Waals surface area contributed by atoms with Crippen LogP contribution in [0.1, 0.15) is 0 Å². The van der Waals surface area contributed by atoms with E-state index >= 15 is 0 Å². The van der Waals surface area contributed by atoms with Gasteiger partial charge in [0.25, 0.3) is 0 Å². The van der Waals surface area contributed by atoms with Crippen LogP contribution in [0.15, 0.2) is 229 Å². The molecule has 0 N–H and O–H groups in total. The average Bonchev–Trinajstić information content (AvgIpc) is 3.69. The van der Waals surface area contributed by atoms with Crippen molar-refractivity contribution < 1.29 is 4.42 Å². The maximum Gasteiger partial charge on any atom is 0.136 e. The molecule has 1 aromatic heterocycles. The number of rotatable bonds is 7. The molecule has 10 aromatic carbocycles. The van der Waals surface area contributed by atoms with Gasteiger partial charge in [-0.1, -0.05) is 164 Å². The van der Waals surface area contributed by atoms with Crippen molar-refractivity contribution in [1.29, 1.82) is 0 Å². The normalized spacial score (nSPS) is 11.4. The lowest BCUT2D eigenvalue weighted by Crippen LogP contribution is -2.10. The summed E-state index contributed by atoms with van der Waals surface area (Å²) in [5, 5.41) is 7.07. The van der Waals surface area contributed by atoms with Gasteiger partial charge in [0.05, 0.1) is 0 Å². The molecule has 0 aliphatic rings. The lowest BCUT2D eigenvalue weighted by Gasteiger charge is -2.28. The third kappa shape index (κ3) is 6.00. The number of anilines is 3. The largest absolute Gasteiger partial charge is 0.456 e. The summed E-state index contributed by atoms with van der Waals surface area (Å²) in [7, 11) is 0. The van der Waals surface area contributed by atoms with Gasteiger partial charge in [0.15, 0.2) is 0 Å². The van der Waals surface area contributed by atoms with E-state index in [1.807, 2.05) is 6.07 Å². The average molecular weight is 740 g/mol.